The second-order valence-electron chi connectivity index (χ2n) is 6.79. The first kappa shape index (κ1) is 28.4. The first-order chi connectivity index (χ1) is 15.0. The summed E-state index contributed by atoms with van der Waals surface area (Å²) in [5, 5.41) is 22.4. The SMILES string of the molecule is O=C(O)CCC(=O)OCCCCOC(=O)NCCCCCCNC(=O)OCCCCO. The molecule has 31 heavy (non-hydrogen) atoms. The van der Waals surface area contributed by atoms with Crippen molar-refractivity contribution in [2.75, 3.05) is 39.5 Å². The number of hydrogen-bond donors (Lipinski definition) is 4. The van der Waals surface area contributed by atoms with Crippen molar-refractivity contribution >= 4 is 24.1 Å². The Morgan fingerprint density at radius 3 is 1.58 bits per heavy atom. The van der Waals surface area contributed by atoms with Gasteiger partial charge in [-0.3, -0.25) is 9.59 Å². The van der Waals surface area contributed by atoms with Crippen molar-refractivity contribution in [2.45, 2.75) is 64.2 Å². The van der Waals surface area contributed by atoms with Crippen molar-refractivity contribution in [1.29, 1.82) is 0 Å². The molecule has 0 spiro atoms. The highest BCUT2D eigenvalue weighted by atomic mass is 16.6. The Hall–Kier alpha value is -2.56. The van der Waals surface area contributed by atoms with E-state index in [0.717, 1.165) is 25.7 Å². The van der Waals surface area contributed by atoms with Crippen LogP contribution in [0.5, 0.6) is 0 Å². The van der Waals surface area contributed by atoms with E-state index in [0.29, 0.717) is 45.4 Å². The van der Waals surface area contributed by atoms with Crippen molar-refractivity contribution in [2.24, 2.45) is 0 Å². The number of carboxylic acids is 1. The lowest BCUT2D eigenvalue weighted by Crippen LogP contribution is -2.26. The number of carbonyl (C=O) groups excluding carboxylic acids is 3. The van der Waals surface area contributed by atoms with Gasteiger partial charge in [-0.15, -0.1) is 0 Å². The summed E-state index contributed by atoms with van der Waals surface area (Å²) in [4.78, 5) is 44.4. The van der Waals surface area contributed by atoms with Gasteiger partial charge in [-0.25, -0.2) is 9.59 Å². The molecule has 0 saturated heterocycles. The Bertz CT molecular complexity index is 515. The molecule has 0 radical (unpaired) electrons. The maximum Gasteiger partial charge on any atom is 0.407 e. The molecule has 0 aromatic carbocycles. The van der Waals surface area contributed by atoms with Gasteiger partial charge in [-0.05, 0) is 38.5 Å². The molecule has 0 rings (SSSR count). The standard InChI is InChI=1S/C20H36N2O9/c23-13-5-6-15-30-19(27)21-11-3-1-2-4-12-22-20(28)31-16-8-7-14-29-18(26)10-9-17(24)25/h23H,1-16H2,(H,21,27)(H,22,28)(H,24,25). The zero-order valence-electron chi connectivity index (χ0n) is 18.1. The summed E-state index contributed by atoms with van der Waals surface area (Å²) in [7, 11) is 0. The number of amides is 2. The van der Waals surface area contributed by atoms with Crippen LogP contribution in [0.25, 0.3) is 0 Å². The summed E-state index contributed by atoms with van der Waals surface area (Å²) in [6, 6.07) is 0. The van der Waals surface area contributed by atoms with Crippen LogP contribution in [0, 0.1) is 0 Å². The van der Waals surface area contributed by atoms with E-state index in [4.69, 9.17) is 24.4 Å². The molecule has 0 aliphatic rings. The second-order valence-corrected chi connectivity index (χ2v) is 6.79. The van der Waals surface area contributed by atoms with E-state index in [2.05, 4.69) is 10.6 Å². The molecular formula is C20H36N2O9. The minimum Gasteiger partial charge on any atom is -0.481 e. The average molecular weight is 449 g/mol. The number of hydrogen-bond acceptors (Lipinski definition) is 8. The number of rotatable bonds is 19. The van der Waals surface area contributed by atoms with E-state index in [1.807, 2.05) is 0 Å². The highest BCUT2D eigenvalue weighted by Gasteiger charge is 2.06. The van der Waals surface area contributed by atoms with Crippen LogP contribution in [-0.2, 0) is 23.8 Å². The van der Waals surface area contributed by atoms with Crippen molar-refractivity contribution in [1.82, 2.24) is 10.6 Å². The molecule has 180 valence electrons. The van der Waals surface area contributed by atoms with E-state index in [9.17, 15) is 19.2 Å². The maximum absolute atomic E-state index is 11.5. The number of nitrogens with one attached hydrogen (secondary N) is 2. The Morgan fingerprint density at radius 2 is 1.10 bits per heavy atom. The Balaban J connectivity index is 3.35. The Kier molecular flexibility index (Phi) is 19.0. The third kappa shape index (κ3) is 22.0. The van der Waals surface area contributed by atoms with Crippen LogP contribution in [0.15, 0.2) is 0 Å². The number of alkyl carbamates (subject to hydrolysis) is 2. The van der Waals surface area contributed by atoms with Gasteiger partial charge in [0.05, 0.1) is 32.7 Å². The summed E-state index contributed by atoms with van der Waals surface area (Å²) >= 11 is 0. The number of aliphatic carboxylic acids is 1. The van der Waals surface area contributed by atoms with Gasteiger partial charge in [0, 0.05) is 19.7 Å². The topological polar surface area (TPSA) is 160 Å². The lowest BCUT2D eigenvalue weighted by Gasteiger charge is -2.08. The number of unbranched alkanes of at least 4 members (excludes halogenated alkanes) is 5. The molecule has 0 bridgehead atoms. The smallest absolute Gasteiger partial charge is 0.407 e. The number of aliphatic hydroxyl groups excluding tert-OH is 1. The fourth-order valence-corrected chi connectivity index (χ4v) is 2.30. The van der Waals surface area contributed by atoms with Gasteiger partial charge in [-0.1, -0.05) is 12.8 Å². The molecule has 0 fully saturated rings. The summed E-state index contributed by atoms with van der Waals surface area (Å²) < 4.78 is 14.8. The normalized spacial score (nSPS) is 10.2. The lowest BCUT2D eigenvalue weighted by molar-refractivity contribution is -0.147. The molecule has 11 nitrogen and oxygen atoms in total. The highest BCUT2D eigenvalue weighted by Crippen LogP contribution is 1.99. The van der Waals surface area contributed by atoms with Crippen molar-refractivity contribution in [3.63, 3.8) is 0 Å². The molecule has 0 aromatic heterocycles. The largest absolute Gasteiger partial charge is 0.481 e. The number of ether oxygens (including phenoxy) is 3. The number of esters is 1. The van der Waals surface area contributed by atoms with Crippen LogP contribution < -0.4 is 10.6 Å². The van der Waals surface area contributed by atoms with Crippen LogP contribution in [0.1, 0.15) is 64.2 Å². The predicted molar refractivity (Wildman–Crippen MR) is 111 cm³/mol. The molecular weight excluding hydrogens is 412 g/mol. The minimum atomic E-state index is -1.04. The predicted octanol–water partition coefficient (Wildman–Crippen LogP) is 1.96. The van der Waals surface area contributed by atoms with Crippen molar-refractivity contribution in [3.8, 4) is 0 Å². The van der Waals surface area contributed by atoms with Gasteiger partial charge in [0.25, 0.3) is 0 Å². The Morgan fingerprint density at radius 1 is 0.613 bits per heavy atom. The average Bonchev–Trinajstić information content (AvgIpc) is 2.74. The van der Waals surface area contributed by atoms with E-state index in [-0.39, 0.29) is 32.7 Å². The molecule has 0 heterocycles. The highest BCUT2D eigenvalue weighted by molar-refractivity contribution is 5.76. The molecule has 0 aromatic rings. The maximum atomic E-state index is 11.5. The van der Waals surface area contributed by atoms with Gasteiger partial charge < -0.3 is 35.1 Å². The van der Waals surface area contributed by atoms with Crippen LogP contribution >= 0.6 is 0 Å². The Labute approximate surface area is 182 Å². The van der Waals surface area contributed by atoms with Gasteiger partial charge in [-0.2, -0.15) is 0 Å². The fourth-order valence-electron chi connectivity index (χ4n) is 2.30. The minimum absolute atomic E-state index is 0.0922. The number of carboxylic acid groups (broad SMARTS) is 1. The molecule has 0 aliphatic carbocycles. The zero-order valence-corrected chi connectivity index (χ0v) is 18.1. The quantitative estimate of drug-likeness (QED) is 0.131. The van der Waals surface area contributed by atoms with E-state index >= 15 is 0 Å². The summed E-state index contributed by atoms with van der Waals surface area (Å²) in [5.41, 5.74) is 0. The summed E-state index contributed by atoms with van der Waals surface area (Å²) in [5.74, 6) is -1.59. The monoisotopic (exact) mass is 448 g/mol. The molecule has 2 amide bonds. The van der Waals surface area contributed by atoms with E-state index in [1.54, 1.807) is 0 Å². The summed E-state index contributed by atoms with van der Waals surface area (Å²) in [6.07, 6.45) is 4.41. The van der Waals surface area contributed by atoms with Crippen LogP contribution in [0.3, 0.4) is 0 Å². The lowest BCUT2D eigenvalue weighted by atomic mass is 10.2. The van der Waals surface area contributed by atoms with Gasteiger partial charge >= 0.3 is 24.1 Å². The number of aliphatic hydroxyl groups is 1. The molecule has 4 N–H and O–H groups in total. The third-order valence-electron chi connectivity index (χ3n) is 4.01. The zero-order chi connectivity index (χ0) is 23.2. The molecule has 0 aliphatic heterocycles. The third-order valence-corrected chi connectivity index (χ3v) is 4.01. The molecule has 11 heteroatoms. The fraction of sp³-hybridized carbons (Fsp3) is 0.800. The second kappa shape index (κ2) is 20.7. The van der Waals surface area contributed by atoms with Gasteiger partial charge in [0.15, 0.2) is 0 Å². The van der Waals surface area contributed by atoms with E-state index in [1.165, 1.54) is 0 Å². The first-order valence-electron chi connectivity index (χ1n) is 10.7. The van der Waals surface area contributed by atoms with Crippen molar-refractivity contribution in [3.05, 3.63) is 0 Å². The van der Waals surface area contributed by atoms with Crippen LogP contribution in [0.2, 0.25) is 0 Å². The van der Waals surface area contributed by atoms with Crippen LogP contribution in [-0.4, -0.2) is 73.9 Å². The van der Waals surface area contributed by atoms with Gasteiger partial charge in [0.1, 0.15) is 0 Å². The first-order valence-corrected chi connectivity index (χ1v) is 10.7. The van der Waals surface area contributed by atoms with E-state index < -0.39 is 24.1 Å². The van der Waals surface area contributed by atoms with Gasteiger partial charge in [0.2, 0.25) is 0 Å². The van der Waals surface area contributed by atoms with Crippen molar-refractivity contribution < 1.29 is 43.6 Å². The number of carbonyl (C=O) groups is 4. The molecule has 0 unspecified atom stereocenters. The molecule has 0 atom stereocenters. The summed E-state index contributed by atoms with van der Waals surface area (Å²) in [6.45, 7) is 1.80. The molecule has 0 saturated carbocycles. The van der Waals surface area contributed by atoms with Crippen LogP contribution in [0.4, 0.5) is 9.59 Å².